The fraction of sp³-hybridized carbons (Fsp3) is 0.294. The molecule has 0 fully saturated rings. The van der Waals surface area contributed by atoms with Crippen molar-refractivity contribution in [1.29, 1.82) is 5.26 Å². The van der Waals surface area contributed by atoms with Gasteiger partial charge in [-0.3, -0.25) is 4.79 Å². The summed E-state index contributed by atoms with van der Waals surface area (Å²) in [5.41, 5.74) is 5.18. The first-order valence-corrected chi connectivity index (χ1v) is 15.7. The summed E-state index contributed by atoms with van der Waals surface area (Å²) >= 11 is 18.8. The number of benzene rings is 3. The lowest BCUT2D eigenvalue weighted by atomic mass is 10.0. The highest BCUT2D eigenvalue weighted by Crippen LogP contribution is 2.27. The highest BCUT2D eigenvalue weighted by molar-refractivity contribution is 7.80. The maximum Gasteiger partial charge on any atom is 0.226 e. The number of nitrogens with one attached hydrogen (secondary N) is 2. The Morgan fingerprint density at radius 1 is 1.07 bits per heavy atom. The first kappa shape index (κ1) is 33.8. The highest BCUT2D eigenvalue weighted by Gasteiger charge is 2.23. The molecule has 0 spiro atoms. The summed E-state index contributed by atoms with van der Waals surface area (Å²) in [4.78, 5) is 21.7. The maximum absolute atomic E-state index is 13.4. The molecule has 0 saturated heterocycles. The first-order valence-electron chi connectivity index (χ1n) is 14.6. The van der Waals surface area contributed by atoms with E-state index in [2.05, 4.69) is 35.5 Å². The van der Waals surface area contributed by atoms with Crippen molar-refractivity contribution in [2.75, 3.05) is 30.9 Å². The average molecular weight is 663 g/mol. The summed E-state index contributed by atoms with van der Waals surface area (Å²) < 4.78 is 1.94. The van der Waals surface area contributed by atoms with Crippen molar-refractivity contribution in [3.8, 4) is 6.07 Å². The summed E-state index contributed by atoms with van der Waals surface area (Å²) in [5, 5.41) is 17.1. The quantitative estimate of drug-likeness (QED) is 0.162. The van der Waals surface area contributed by atoms with Crippen molar-refractivity contribution >= 4 is 57.8 Å². The smallest absolute Gasteiger partial charge is 0.226 e. The minimum atomic E-state index is -0.221. The number of hydrogen-bond acceptors (Lipinski definition) is 5. The van der Waals surface area contributed by atoms with Crippen molar-refractivity contribution in [3.63, 3.8) is 0 Å². The number of hydrogen-bond donors (Lipinski definition) is 2. The standard InChI is InChI=1S/C34H37Cl2N7OS/c1-23(2)31(40-32(44)16-29-18-38-22-43(29)19-25-10-8-24(17-37)9-11-25)21-42(20-26-6-5-7-30(35)33(26)36)34(45)39-27-12-14-28(15-13-27)41(3)4/h5-15,18,22-23,31H,16,19-21H2,1-4H3,(H,39,45)(H,40,44)/t31-/m1/s1. The molecule has 8 nitrogen and oxygen atoms in total. The van der Waals surface area contributed by atoms with Crippen LogP contribution in [0.3, 0.4) is 0 Å². The molecule has 1 amide bonds. The number of thiocarbonyl (C=S) groups is 1. The molecule has 0 aliphatic rings. The lowest BCUT2D eigenvalue weighted by Crippen LogP contribution is -2.49. The number of anilines is 2. The molecule has 1 heterocycles. The summed E-state index contributed by atoms with van der Waals surface area (Å²) in [5.74, 6) is -0.00816. The zero-order chi connectivity index (χ0) is 32.5. The Morgan fingerprint density at radius 3 is 2.42 bits per heavy atom. The fourth-order valence-corrected chi connectivity index (χ4v) is 5.38. The van der Waals surface area contributed by atoms with Gasteiger partial charge in [0.2, 0.25) is 5.91 Å². The monoisotopic (exact) mass is 661 g/mol. The third kappa shape index (κ3) is 9.44. The van der Waals surface area contributed by atoms with Gasteiger partial charge in [0, 0.05) is 63.0 Å². The number of carbonyl (C=O) groups excluding carboxylic acids is 1. The van der Waals surface area contributed by atoms with E-state index in [0.29, 0.717) is 40.4 Å². The minimum absolute atomic E-state index is 0.108. The molecule has 0 unspecified atom stereocenters. The molecule has 0 radical (unpaired) electrons. The Bertz CT molecular complexity index is 1650. The molecule has 2 N–H and O–H groups in total. The summed E-state index contributed by atoms with van der Waals surface area (Å²) in [6.45, 7) is 5.53. The molecule has 0 aliphatic carbocycles. The largest absolute Gasteiger partial charge is 0.378 e. The molecule has 45 heavy (non-hydrogen) atoms. The molecule has 4 aromatic rings. The van der Waals surface area contributed by atoms with Crippen LogP contribution in [-0.4, -0.2) is 52.2 Å². The summed E-state index contributed by atoms with van der Waals surface area (Å²) in [7, 11) is 3.99. The van der Waals surface area contributed by atoms with Gasteiger partial charge in [-0.05, 0) is 71.7 Å². The second-order valence-electron chi connectivity index (χ2n) is 11.4. The predicted octanol–water partition coefficient (Wildman–Crippen LogP) is 6.76. The second kappa shape index (κ2) is 15.8. The third-order valence-corrected chi connectivity index (χ3v) is 8.68. The van der Waals surface area contributed by atoms with Crippen molar-refractivity contribution in [2.24, 2.45) is 5.92 Å². The normalized spacial score (nSPS) is 11.5. The Hall–Kier alpha value is -4.10. The number of halogens is 2. The summed E-state index contributed by atoms with van der Waals surface area (Å²) in [6, 6.07) is 22.8. The van der Waals surface area contributed by atoms with Crippen LogP contribution in [0.4, 0.5) is 11.4 Å². The van der Waals surface area contributed by atoms with Gasteiger partial charge in [0.1, 0.15) is 0 Å². The van der Waals surface area contributed by atoms with Crippen LogP contribution in [-0.2, 0) is 24.3 Å². The number of nitrogens with zero attached hydrogens (tertiary/aromatic N) is 5. The van der Waals surface area contributed by atoms with Crippen molar-refractivity contribution < 1.29 is 4.79 Å². The summed E-state index contributed by atoms with van der Waals surface area (Å²) in [6.07, 6.45) is 3.59. The molecule has 234 valence electrons. The Balaban J connectivity index is 1.49. The molecule has 1 atom stereocenters. The molecule has 11 heteroatoms. The van der Waals surface area contributed by atoms with Gasteiger partial charge in [-0.25, -0.2) is 4.98 Å². The molecule has 0 aliphatic heterocycles. The van der Waals surface area contributed by atoms with E-state index in [1.807, 2.05) is 77.0 Å². The number of rotatable bonds is 12. The highest BCUT2D eigenvalue weighted by atomic mass is 35.5. The zero-order valence-corrected chi connectivity index (χ0v) is 28.1. The van der Waals surface area contributed by atoms with Crippen LogP contribution in [0.5, 0.6) is 0 Å². The molecule has 0 bridgehead atoms. The van der Waals surface area contributed by atoms with Crippen LogP contribution < -0.4 is 15.5 Å². The Kier molecular flexibility index (Phi) is 11.8. The number of carbonyl (C=O) groups is 1. The average Bonchev–Trinajstić information content (AvgIpc) is 3.44. The van der Waals surface area contributed by atoms with E-state index in [1.165, 1.54) is 0 Å². The zero-order valence-electron chi connectivity index (χ0n) is 25.8. The van der Waals surface area contributed by atoms with Crippen LogP contribution in [0.2, 0.25) is 10.0 Å². The molecule has 4 rings (SSSR count). The third-order valence-electron chi connectivity index (χ3n) is 7.46. The topological polar surface area (TPSA) is 89.2 Å². The number of amides is 1. The van der Waals surface area contributed by atoms with Crippen molar-refractivity contribution in [2.45, 2.75) is 39.4 Å². The van der Waals surface area contributed by atoms with Crippen LogP contribution in [0, 0.1) is 17.2 Å². The van der Waals surface area contributed by atoms with E-state index in [-0.39, 0.29) is 24.3 Å². The van der Waals surface area contributed by atoms with E-state index < -0.39 is 0 Å². The maximum atomic E-state index is 13.4. The predicted molar refractivity (Wildman–Crippen MR) is 187 cm³/mol. The SMILES string of the molecule is CC(C)[C@@H](CN(Cc1cccc(Cl)c1Cl)C(=S)Nc1ccc(N(C)C)cc1)NC(=O)Cc1cncn1Cc1ccc(C#N)cc1. The molecule has 1 aromatic heterocycles. The van der Waals surface area contributed by atoms with Gasteiger partial charge in [-0.1, -0.05) is 61.3 Å². The minimum Gasteiger partial charge on any atom is -0.378 e. The molecule has 0 saturated carbocycles. The van der Waals surface area contributed by atoms with Crippen LogP contribution in [0.1, 0.15) is 36.2 Å². The van der Waals surface area contributed by atoms with Gasteiger partial charge >= 0.3 is 0 Å². The molecule has 3 aromatic carbocycles. The lowest BCUT2D eigenvalue weighted by molar-refractivity contribution is -0.121. The van der Waals surface area contributed by atoms with Gasteiger partial charge in [-0.15, -0.1) is 0 Å². The Labute approximate surface area is 280 Å². The van der Waals surface area contributed by atoms with Gasteiger partial charge in [0.15, 0.2) is 5.11 Å². The van der Waals surface area contributed by atoms with Gasteiger partial charge in [0.05, 0.1) is 34.4 Å². The molecular weight excluding hydrogens is 625 g/mol. The van der Waals surface area contributed by atoms with E-state index in [1.54, 1.807) is 30.7 Å². The van der Waals surface area contributed by atoms with Gasteiger partial charge in [0.25, 0.3) is 0 Å². The first-order chi connectivity index (χ1) is 21.5. The van der Waals surface area contributed by atoms with E-state index in [9.17, 15) is 4.79 Å². The van der Waals surface area contributed by atoms with Crippen LogP contribution in [0.25, 0.3) is 0 Å². The number of imidazole rings is 1. The number of aromatic nitrogens is 2. The Morgan fingerprint density at radius 2 is 1.78 bits per heavy atom. The van der Waals surface area contributed by atoms with Gasteiger partial charge in [-0.2, -0.15) is 5.26 Å². The van der Waals surface area contributed by atoms with Crippen LogP contribution >= 0.6 is 35.4 Å². The van der Waals surface area contributed by atoms with E-state index in [0.717, 1.165) is 28.2 Å². The second-order valence-corrected chi connectivity index (χ2v) is 12.6. The van der Waals surface area contributed by atoms with Gasteiger partial charge < -0.3 is 25.0 Å². The number of nitriles is 1. The van der Waals surface area contributed by atoms with Crippen molar-refractivity contribution in [3.05, 3.63) is 112 Å². The van der Waals surface area contributed by atoms with Crippen LogP contribution in [0.15, 0.2) is 79.3 Å². The van der Waals surface area contributed by atoms with Crippen molar-refractivity contribution in [1.82, 2.24) is 19.8 Å². The fourth-order valence-electron chi connectivity index (χ4n) is 4.74. The lowest BCUT2D eigenvalue weighted by Gasteiger charge is -2.33. The van der Waals surface area contributed by atoms with E-state index in [4.69, 9.17) is 40.7 Å². The molecular formula is C34H37Cl2N7OS. The van der Waals surface area contributed by atoms with E-state index >= 15 is 0 Å².